The van der Waals surface area contributed by atoms with E-state index in [1.165, 1.54) is 23.6 Å². The molecule has 0 unspecified atom stereocenters. The summed E-state index contributed by atoms with van der Waals surface area (Å²) >= 11 is 1.35. The summed E-state index contributed by atoms with van der Waals surface area (Å²) in [5, 5.41) is 15.6. The fourth-order valence-corrected chi connectivity index (χ4v) is 2.57. The average Bonchev–Trinajstić information content (AvgIpc) is 2.88. The van der Waals surface area contributed by atoms with Crippen molar-refractivity contribution in [2.24, 2.45) is 15.9 Å². The summed E-state index contributed by atoms with van der Waals surface area (Å²) in [5.41, 5.74) is 12.2. The number of rotatable bonds is 5. The SMILES string of the molecule is CC(=NNC(=N)N)c1sc(NN=Cc2ccccc2F)nc1C. The number of nitrogens with zero attached hydrogens (tertiary/aromatic N) is 3. The molecule has 1 aromatic carbocycles. The minimum absolute atomic E-state index is 0.237. The Morgan fingerprint density at radius 1 is 1.43 bits per heavy atom. The summed E-state index contributed by atoms with van der Waals surface area (Å²) < 4.78 is 13.5. The van der Waals surface area contributed by atoms with Gasteiger partial charge in [0.2, 0.25) is 11.1 Å². The number of thiazole rings is 1. The molecule has 0 atom stereocenters. The van der Waals surface area contributed by atoms with E-state index >= 15 is 0 Å². The van der Waals surface area contributed by atoms with Crippen LogP contribution in [0.5, 0.6) is 0 Å². The molecule has 0 fully saturated rings. The van der Waals surface area contributed by atoms with Crippen molar-refractivity contribution in [3.63, 3.8) is 0 Å². The summed E-state index contributed by atoms with van der Waals surface area (Å²) in [6.45, 7) is 3.62. The van der Waals surface area contributed by atoms with Gasteiger partial charge in [-0.2, -0.15) is 10.2 Å². The standard InChI is InChI=1S/C14H16FN7S/c1-8-12(9(2)20-21-13(16)17)23-14(19-8)22-18-7-10-5-3-4-6-11(10)15/h3-7H,1-2H3,(H,19,22)(H4,16,17,21). The highest BCUT2D eigenvalue weighted by Gasteiger charge is 2.10. The highest BCUT2D eigenvalue weighted by atomic mass is 32.1. The fourth-order valence-electron chi connectivity index (χ4n) is 1.71. The predicted molar refractivity (Wildman–Crippen MR) is 91.7 cm³/mol. The number of hydrazone groups is 2. The molecule has 0 radical (unpaired) electrons. The number of hydrogen-bond donors (Lipinski definition) is 4. The molecule has 0 aliphatic rings. The van der Waals surface area contributed by atoms with Crippen LogP contribution in [0.4, 0.5) is 9.52 Å². The number of aryl methyl sites for hydroxylation is 1. The number of aromatic nitrogens is 1. The van der Waals surface area contributed by atoms with Gasteiger partial charge in [-0.3, -0.25) is 10.8 Å². The molecule has 0 saturated carbocycles. The second kappa shape index (κ2) is 7.45. The third kappa shape index (κ3) is 4.58. The molecule has 0 amide bonds. The first kappa shape index (κ1) is 16.6. The number of halogens is 1. The van der Waals surface area contributed by atoms with Crippen LogP contribution >= 0.6 is 11.3 Å². The van der Waals surface area contributed by atoms with E-state index in [1.54, 1.807) is 25.1 Å². The first-order valence-electron chi connectivity index (χ1n) is 6.63. The molecule has 9 heteroatoms. The summed E-state index contributed by atoms with van der Waals surface area (Å²) in [7, 11) is 0. The monoisotopic (exact) mass is 333 g/mol. The Balaban J connectivity index is 2.08. The van der Waals surface area contributed by atoms with Gasteiger partial charge in [0.05, 0.1) is 22.5 Å². The summed E-state index contributed by atoms with van der Waals surface area (Å²) in [6, 6.07) is 6.35. The number of benzene rings is 1. The van der Waals surface area contributed by atoms with Crippen molar-refractivity contribution < 1.29 is 4.39 Å². The van der Waals surface area contributed by atoms with Crippen LogP contribution in [0.2, 0.25) is 0 Å². The molecular formula is C14H16FN7S. The van der Waals surface area contributed by atoms with Crippen molar-refractivity contribution in [3.05, 3.63) is 46.2 Å². The third-order valence-corrected chi connectivity index (χ3v) is 3.91. The molecular weight excluding hydrogens is 317 g/mol. The largest absolute Gasteiger partial charge is 0.369 e. The summed E-state index contributed by atoms with van der Waals surface area (Å²) in [6.07, 6.45) is 1.39. The van der Waals surface area contributed by atoms with Crippen LogP contribution in [0.1, 0.15) is 23.1 Å². The van der Waals surface area contributed by atoms with Crippen molar-refractivity contribution in [1.29, 1.82) is 5.41 Å². The molecule has 5 N–H and O–H groups in total. The van der Waals surface area contributed by atoms with Crippen LogP contribution in [-0.2, 0) is 0 Å². The molecule has 0 saturated heterocycles. The maximum absolute atomic E-state index is 13.5. The van der Waals surface area contributed by atoms with Gasteiger partial charge in [-0.05, 0) is 19.9 Å². The Morgan fingerprint density at radius 2 is 2.17 bits per heavy atom. The molecule has 1 aromatic heterocycles. The van der Waals surface area contributed by atoms with Gasteiger partial charge in [-0.15, -0.1) is 0 Å². The topological polar surface area (TPSA) is 112 Å². The van der Waals surface area contributed by atoms with Gasteiger partial charge in [-0.1, -0.05) is 29.5 Å². The lowest BCUT2D eigenvalue weighted by Gasteiger charge is -1.99. The molecule has 0 spiro atoms. The van der Waals surface area contributed by atoms with Crippen molar-refractivity contribution in [2.45, 2.75) is 13.8 Å². The van der Waals surface area contributed by atoms with Gasteiger partial charge < -0.3 is 5.73 Å². The number of guanidine groups is 1. The number of nitrogens with two attached hydrogens (primary N) is 1. The molecule has 23 heavy (non-hydrogen) atoms. The lowest BCUT2D eigenvalue weighted by molar-refractivity contribution is 0.626. The fraction of sp³-hybridized carbons (Fsp3) is 0.143. The molecule has 2 aromatic rings. The Hall–Kier alpha value is -2.81. The quantitative estimate of drug-likeness (QED) is 0.382. The maximum Gasteiger partial charge on any atom is 0.206 e. The van der Waals surface area contributed by atoms with E-state index in [0.29, 0.717) is 16.4 Å². The molecule has 2 rings (SSSR count). The number of anilines is 1. The van der Waals surface area contributed by atoms with Crippen molar-refractivity contribution in [1.82, 2.24) is 10.4 Å². The Morgan fingerprint density at radius 3 is 2.87 bits per heavy atom. The smallest absolute Gasteiger partial charge is 0.206 e. The molecule has 0 aliphatic heterocycles. The Bertz CT molecular complexity index is 766. The second-order valence-corrected chi connectivity index (χ2v) is 5.55. The zero-order valence-corrected chi connectivity index (χ0v) is 13.4. The minimum atomic E-state index is -0.340. The van der Waals surface area contributed by atoms with Gasteiger partial charge in [-0.25, -0.2) is 14.8 Å². The molecule has 7 nitrogen and oxygen atoms in total. The highest BCUT2D eigenvalue weighted by Crippen LogP contribution is 2.23. The van der Waals surface area contributed by atoms with E-state index in [0.717, 1.165) is 10.6 Å². The third-order valence-electron chi connectivity index (χ3n) is 2.74. The lowest BCUT2D eigenvalue weighted by atomic mass is 10.2. The van der Waals surface area contributed by atoms with Crippen LogP contribution in [0.3, 0.4) is 0 Å². The van der Waals surface area contributed by atoms with Crippen LogP contribution in [0.15, 0.2) is 34.5 Å². The second-order valence-electron chi connectivity index (χ2n) is 4.55. The molecule has 0 aliphatic carbocycles. The first-order valence-corrected chi connectivity index (χ1v) is 7.44. The van der Waals surface area contributed by atoms with Crippen LogP contribution in [-0.4, -0.2) is 22.9 Å². The van der Waals surface area contributed by atoms with Gasteiger partial charge in [0, 0.05) is 5.56 Å². The zero-order valence-electron chi connectivity index (χ0n) is 12.6. The Kier molecular flexibility index (Phi) is 5.36. The number of nitrogens with one attached hydrogen (secondary N) is 3. The van der Waals surface area contributed by atoms with Gasteiger partial charge >= 0.3 is 0 Å². The van der Waals surface area contributed by atoms with E-state index in [4.69, 9.17) is 11.1 Å². The minimum Gasteiger partial charge on any atom is -0.369 e. The van der Waals surface area contributed by atoms with E-state index in [-0.39, 0.29) is 11.8 Å². The van der Waals surface area contributed by atoms with Gasteiger partial charge in [0.25, 0.3) is 0 Å². The van der Waals surface area contributed by atoms with E-state index in [1.807, 2.05) is 6.92 Å². The van der Waals surface area contributed by atoms with Crippen LogP contribution in [0, 0.1) is 18.2 Å². The van der Waals surface area contributed by atoms with E-state index in [2.05, 4.69) is 26.0 Å². The summed E-state index contributed by atoms with van der Waals surface area (Å²) in [4.78, 5) is 5.15. The first-order chi connectivity index (χ1) is 11.0. The van der Waals surface area contributed by atoms with Crippen LogP contribution < -0.4 is 16.6 Å². The van der Waals surface area contributed by atoms with Crippen LogP contribution in [0.25, 0.3) is 0 Å². The van der Waals surface area contributed by atoms with Gasteiger partial charge in [0.1, 0.15) is 5.82 Å². The zero-order chi connectivity index (χ0) is 16.8. The molecule has 0 bridgehead atoms. The normalized spacial score (nSPS) is 11.7. The highest BCUT2D eigenvalue weighted by molar-refractivity contribution is 7.17. The average molecular weight is 333 g/mol. The van der Waals surface area contributed by atoms with Crippen molar-refractivity contribution in [3.8, 4) is 0 Å². The van der Waals surface area contributed by atoms with E-state index in [9.17, 15) is 4.39 Å². The molecule has 1 heterocycles. The van der Waals surface area contributed by atoms with Gasteiger partial charge in [0.15, 0.2) is 0 Å². The number of hydrogen-bond acceptors (Lipinski definition) is 6. The van der Waals surface area contributed by atoms with E-state index < -0.39 is 0 Å². The molecule has 120 valence electrons. The predicted octanol–water partition coefficient (Wildman–Crippen LogP) is 2.24. The summed E-state index contributed by atoms with van der Waals surface area (Å²) in [5.74, 6) is -0.577. The Labute approximate surface area is 136 Å². The van der Waals surface area contributed by atoms with Crippen molar-refractivity contribution in [2.75, 3.05) is 5.43 Å². The lowest BCUT2D eigenvalue weighted by Crippen LogP contribution is -2.26. The van der Waals surface area contributed by atoms with Crippen molar-refractivity contribution >= 4 is 34.4 Å². The maximum atomic E-state index is 13.5.